The van der Waals surface area contributed by atoms with Gasteiger partial charge in [0.25, 0.3) is 10.0 Å². The van der Waals surface area contributed by atoms with E-state index in [9.17, 15) is 13.5 Å². The van der Waals surface area contributed by atoms with Crippen LogP contribution in [-0.2, 0) is 16.6 Å². The fraction of sp³-hybridized carbons (Fsp3) is 0.769. The average molecular weight is 301 g/mol. The van der Waals surface area contributed by atoms with Crippen LogP contribution in [0.15, 0.2) is 5.03 Å². The van der Waals surface area contributed by atoms with Crippen molar-refractivity contribution in [1.29, 1.82) is 0 Å². The first-order chi connectivity index (χ1) is 9.38. The van der Waals surface area contributed by atoms with Gasteiger partial charge in [-0.3, -0.25) is 5.10 Å². The van der Waals surface area contributed by atoms with Gasteiger partial charge in [-0.1, -0.05) is 26.2 Å². The standard InChI is InChI=1S/C13H23N3O3S/c1-10-11(8-17)12(16-15-10)20(18,19)14-9-13(2)6-4-3-5-7-13/h14,17H,3-9H2,1-2H3,(H,15,16). The normalized spacial score (nSPS) is 19.1. The van der Waals surface area contributed by atoms with Crippen LogP contribution in [0.5, 0.6) is 0 Å². The second-order valence-corrected chi connectivity index (χ2v) is 7.67. The minimum absolute atomic E-state index is 0.0239. The summed E-state index contributed by atoms with van der Waals surface area (Å²) >= 11 is 0. The van der Waals surface area contributed by atoms with Crippen LogP contribution in [0.1, 0.15) is 50.3 Å². The van der Waals surface area contributed by atoms with E-state index in [1.54, 1.807) is 6.92 Å². The first kappa shape index (κ1) is 15.5. The molecule has 7 heteroatoms. The van der Waals surface area contributed by atoms with Crippen molar-refractivity contribution < 1.29 is 13.5 Å². The number of nitrogens with one attached hydrogen (secondary N) is 2. The topological polar surface area (TPSA) is 95.1 Å². The number of hydrogen-bond donors (Lipinski definition) is 3. The van der Waals surface area contributed by atoms with Gasteiger partial charge in [0.1, 0.15) is 0 Å². The van der Waals surface area contributed by atoms with Gasteiger partial charge in [-0.25, -0.2) is 13.1 Å². The molecule has 20 heavy (non-hydrogen) atoms. The van der Waals surface area contributed by atoms with Crippen LogP contribution in [0, 0.1) is 12.3 Å². The molecule has 0 spiro atoms. The monoisotopic (exact) mass is 301 g/mol. The van der Waals surface area contributed by atoms with Crippen molar-refractivity contribution in [3.05, 3.63) is 11.3 Å². The molecule has 3 N–H and O–H groups in total. The van der Waals surface area contributed by atoms with E-state index in [4.69, 9.17) is 0 Å². The summed E-state index contributed by atoms with van der Waals surface area (Å²) in [6.07, 6.45) is 5.63. The summed E-state index contributed by atoms with van der Waals surface area (Å²) in [6.45, 7) is 3.90. The minimum Gasteiger partial charge on any atom is -0.392 e. The van der Waals surface area contributed by atoms with Crippen molar-refractivity contribution in [3.8, 4) is 0 Å². The Kier molecular flexibility index (Phi) is 4.51. The summed E-state index contributed by atoms with van der Waals surface area (Å²) < 4.78 is 27.3. The molecule has 0 radical (unpaired) electrons. The number of rotatable bonds is 5. The molecule has 0 atom stereocenters. The fourth-order valence-electron chi connectivity index (χ4n) is 2.76. The Bertz CT molecular complexity index is 559. The second-order valence-electron chi connectivity index (χ2n) is 5.99. The smallest absolute Gasteiger partial charge is 0.260 e. The Morgan fingerprint density at radius 1 is 1.35 bits per heavy atom. The molecule has 1 aliphatic rings. The van der Waals surface area contributed by atoms with Crippen molar-refractivity contribution in [2.45, 2.75) is 57.6 Å². The Balaban J connectivity index is 2.11. The highest BCUT2D eigenvalue weighted by Gasteiger charge is 2.30. The Labute approximate surface area is 120 Å². The molecule has 1 heterocycles. The number of aryl methyl sites for hydroxylation is 1. The lowest BCUT2D eigenvalue weighted by Gasteiger charge is -2.33. The summed E-state index contributed by atoms with van der Waals surface area (Å²) in [7, 11) is -3.67. The van der Waals surface area contributed by atoms with Crippen molar-refractivity contribution in [1.82, 2.24) is 14.9 Å². The number of aliphatic hydroxyl groups is 1. The summed E-state index contributed by atoms with van der Waals surface area (Å²) in [6, 6.07) is 0. The number of H-pyrrole nitrogens is 1. The van der Waals surface area contributed by atoms with Crippen LogP contribution in [0.4, 0.5) is 0 Å². The number of aliphatic hydroxyl groups excluding tert-OH is 1. The predicted octanol–water partition coefficient (Wildman–Crippen LogP) is 1.46. The molecule has 1 aromatic heterocycles. The van der Waals surface area contributed by atoms with Crippen LogP contribution >= 0.6 is 0 Å². The van der Waals surface area contributed by atoms with E-state index in [-0.39, 0.29) is 17.0 Å². The third-order valence-corrected chi connectivity index (χ3v) is 5.57. The molecule has 1 fully saturated rings. The maximum Gasteiger partial charge on any atom is 0.260 e. The Morgan fingerprint density at radius 2 is 2.00 bits per heavy atom. The molecule has 0 unspecified atom stereocenters. The molecule has 1 saturated carbocycles. The molecule has 1 aromatic rings. The van der Waals surface area contributed by atoms with Gasteiger partial charge in [0, 0.05) is 17.8 Å². The molecule has 0 saturated heterocycles. The van der Waals surface area contributed by atoms with Crippen LogP contribution in [0.3, 0.4) is 0 Å². The van der Waals surface area contributed by atoms with E-state index in [0.717, 1.165) is 25.7 Å². The molecule has 114 valence electrons. The van der Waals surface area contributed by atoms with E-state index >= 15 is 0 Å². The molecular formula is C13H23N3O3S. The zero-order chi connectivity index (χ0) is 14.8. The summed E-state index contributed by atoms with van der Waals surface area (Å²) in [5.74, 6) is 0. The van der Waals surface area contributed by atoms with Crippen LogP contribution < -0.4 is 4.72 Å². The van der Waals surface area contributed by atoms with Gasteiger partial charge in [-0.2, -0.15) is 5.10 Å². The fourth-order valence-corrected chi connectivity index (χ4v) is 4.14. The van der Waals surface area contributed by atoms with E-state index < -0.39 is 10.0 Å². The molecule has 2 rings (SSSR count). The van der Waals surface area contributed by atoms with Gasteiger partial charge in [-0.05, 0) is 25.2 Å². The predicted molar refractivity (Wildman–Crippen MR) is 75.6 cm³/mol. The number of hydrogen-bond acceptors (Lipinski definition) is 4. The number of aromatic nitrogens is 2. The lowest BCUT2D eigenvalue weighted by Crippen LogP contribution is -2.37. The lowest BCUT2D eigenvalue weighted by atomic mass is 9.76. The van der Waals surface area contributed by atoms with Crippen molar-refractivity contribution in [3.63, 3.8) is 0 Å². The van der Waals surface area contributed by atoms with E-state index in [1.165, 1.54) is 6.42 Å². The zero-order valence-corrected chi connectivity index (χ0v) is 12.9. The molecular weight excluding hydrogens is 278 g/mol. The van der Waals surface area contributed by atoms with Crippen molar-refractivity contribution >= 4 is 10.0 Å². The van der Waals surface area contributed by atoms with Crippen LogP contribution in [-0.4, -0.2) is 30.3 Å². The largest absolute Gasteiger partial charge is 0.392 e. The summed E-state index contributed by atoms with van der Waals surface area (Å²) in [5, 5.41) is 15.6. The average Bonchev–Trinajstić information content (AvgIpc) is 2.79. The SMILES string of the molecule is Cc1[nH]nc(S(=O)(=O)NCC2(C)CCCCC2)c1CO. The molecule has 1 aliphatic carbocycles. The highest BCUT2D eigenvalue weighted by molar-refractivity contribution is 7.89. The van der Waals surface area contributed by atoms with E-state index in [0.29, 0.717) is 17.8 Å². The molecule has 0 aliphatic heterocycles. The van der Waals surface area contributed by atoms with Gasteiger partial charge in [-0.15, -0.1) is 0 Å². The maximum absolute atomic E-state index is 12.3. The van der Waals surface area contributed by atoms with Gasteiger partial charge in [0.15, 0.2) is 5.03 Å². The lowest BCUT2D eigenvalue weighted by molar-refractivity contribution is 0.219. The van der Waals surface area contributed by atoms with Crippen LogP contribution in [0.2, 0.25) is 0 Å². The summed E-state index contributed by atoms with van der Waals surface area (Å²) in [4.78, 5) is 0. The van der Waals surface area contributed by atoms with Crippen molar-refractivity contribution in [2.24, 2.45) is 5.41 Å². The zero-order valence-electron chi connectivity index (χ0n) is 12.1. The molecule has 0 amide bonds. The molecule has 6 nitrogen and oxygen atoms in total. The first-order valence-electron chi connectivity index (χ1n) is 7.02. The Hall–Kier alpha value is -0.920. The summed E-state index contributed by atoms with van der Waals surface area (Å²) in [5.41, 5.74) is 0.943. The highest BCUT2D eigenvalue weighted by atomic mass is 32.2. The first-order valence-corrected chi connectivity index (χ1v) is 8.51. The minimum atomic E-state index is -3.67. The molecule has 0 aromatic carbocycles. The van der Waals surface area contributed by atoms with Gasteiger partial charge in [0.2, 0.25) is 0 Å². The van der Waals surface area contributed by atoms with Gasteiger partial charge in [0.05, 0.1) is 6.61 Å². The Morgan fingerprint density at radius 3 is 2.60 bits per heavy atom. The van der Waals surface area contributed by atoms with E-state index in [1.807, 2.05) is 0 Å². The second kappa shape index (κ2) is 5.83. The maximum atomic E-state index is 12.3. The highest BCUT2D eigenvalue weighted by Crippen LogP contribution is 2.35. The van der Waals surface area contributed by atoms with E-state index in [2.05, 4.69) is 21.8 Å². The van der Waals surface area contributed by atoms with Gasteiger partial charge < -0.3 is 5.11 Å². The van der Waals surface area contributed by atoms with Crippen LogP contribution in [0.25, 0.3) is 0 Å². The third-order valence-electron chi connectivity index (χ3n) is 4.20. The third kappa shape index (κ3) is 3.21. The number of sulfonamides is 1. The number of nitrogens with zero attached hydrogens (tertiary/aromatic N) is 1. The number of aromatic amines is 1. The van der Waals surface area contributed by atoms with Crippen molar-refractivity contribution in [2.75, 3.05) is 6.54 Å². The molecule has 0 bridgehead atoms. The quantitative estimate of drug-likeness (QED) is 0.767. The van der Waals surface area contributed by atoms with Gasteiger partial charge >= 0.3 is 0 Å².